The molecule has 0 unspecified atom stereocenters. The minimum absolute atomic E-state index is 0.226. The lowest BCUT2D eigenvalue weighted by molar-refractivity contribution is 0.143. The highest BCUT2D eigenvalue weighted by molar-refractivity contribution is 5.39. The Hall–Kier alpha value is -1.76. The van der Waals surface area contributed by atoms with E-state index in [0.29, 0.717) is 6.04 Å². The molecular weight excluding hydrogens is 348 g/mol. The number of hydrogen-bond acceptors (Lipinski definition) is 6. The third kappa shape index (κ3) is 5.63. The molecule has 0 aromatic rings. The van der Waals surface area contributed by atoms with Gasteiger partial charge in [-0.1, -0.05) is 6.42 Å². The van der Waals surface area contributed by atoms with Gasteiger partial charge in [0.25, 0.3) is 0 Å². The van der Waals surface area contributed by atoms with Gasteiger partial charge in [-0.3, -0.25) is 4.90 Å². The third-order valence-corrected chi connectivity index (χ3v) is 6.74. The van der Waals surface area contributed by atoms with Crippen LogP contribution >= 0.6 is 0 Å². The van der Waals surface area contributed by atoms with Gasteiger partial charge >= 0.3 is 0 Å². The molecule has 3 aliphatic heterocycles. The summed E-state index contributed by atoms with van der Waals surface area (Å²) in [7, 11) is 0. The van der Waals surface area contributed by atoms with Gasteiger partial charge in [0.2, 0.25) is 0 Å². The first-order valence-corrected chi connectivity index (χ1v) is 11.2. The van der Waals surface area contributed by atoms with Crippen LogP contribution in [0.2, 0.25) is 0 Å². The predicted molar refractivity (Wildman–Crippen MR) is 111 cm³/mol. The zero-order valence-electron chi connectivity index (χ0n) is 17.5. The van der Waals surface area contributed by atoms with E-state index >= 15 is 0 Å². The monoisotopic (exact) mass is 384 g/mol. The molecular formula is C22H36N6. The summed E-state index contributed by atoms with van der Waals surface area (Å²) >= 11 is 0. The molecule has 0 aromatic heterocycles. The van der Waals surface area contributed by atoms with Crippen LogP contribution in [0.1, 0.15) is 51.9 Å². The Kier molecular flexibility index (Phi) is 8.01. The molecule has 1 N–H and O–H groups in total. The second kappa shape index (κ2) is 10.7. The molecule has 0 saturated carbocycles. The van der Waals surface area contributed by atoms with E-state index < -0.39 is 0 Å². The largest absolute Gasteiger partial charge is 0.369 e. The molecule has 3 aliphatic rings. The van der Waals surface area contributed by atoms with Gasteiger partial charge in [0.1, 0.15) is 18.0 Å². The summed E-state index contributed by atoms with van der Waals surface area (Å²) in [5.41, 5.74) is 0.226. The zero-order valence-corrected chi connectivity index (χ0v) is 17.5. The molecule has 28 heavy (non-hydrogen) atoms. The van der Waals surface area contributed by atoms with Gasteiger partial charge in [-0.2, -0.15) is 10.5 Å². The van der Waals surface area contributed by atoms with E-state index in [4.69, 9.17) is 0 Å². The Labute approximate surface area is 170 Å². The van der Waals surface area contributed by atoms with Crippen molar-refractivity contribution >= 4 is 0 Å². The number of allylic oxidation sites excluding steroid dienone is 1. The fourth-order valence-corrected chi connectivity index (χ4v) is 4.98. The average molecular weight is 385 g/mol. The number of likely N-dealkylation sites (tertiary alicyclic amines) is 3. The minimum atomic E-state index is 0.226. The van der Waals surface area contributed by atoms with Crippen molar-refractivity contribution in [1.29, 1.82) is 10.5 Å². The van der Waals surface area contributed by atoms with E-state index in [1.54, 1.807) is 0 Å². The summed E-state index contributed by atoms with van der Waals surface area (Å²) in [6.07, 6.45) is 8.92. The molecule has 0 spiro atoms. The zero-order chi connectivity index (χ0) is 19.8. The number of hydrogen-bond donors (Lipinski definition) is 1. The number of nitrogens with one attached hydrogen (secondary N) is 1. The van der Waals surface area contributed by atoms with Crippen LogP contribution in [0, 0.1) is 28.6 Å². The van der Waals surface area contributed by atoms with Crippen LogP contribution in [0.5, 0.6) is 0 Å². The second-order valence-electron chi connectivity index (χ2n) is 8.69. The van der Waals surface area contributed by atoms with Crippen LogP contribution in [-0.4, -0.2) is 73.1 Å². The van der Waals surface area contributed by atoms with E-state index in [0.717, 1.165) is 57.3 Å². The standard InChI is InChI=1S/C22H36N6/c1-19-6-5-12-27(19)15-9-25-22(21(16-23)17-24)28-13-7-20(8-14-28)18-26-10-3-2-4-11-26/h19-20,25H,2-15,18H2,1H3/t19-/m1/s1. The molecule has 6 heteroatoms. The van der Waals surface area contributed by atoms with E-state index in [1.807, 2.05) is 0 Å². The molecule has 6 nitrogen and oxygen atoms in total. The lowest BCUT2D eigenvalue weighted by Crippen LogP contribution is -2.44. The van der Waals surface area contributed by atoms with Gasteiger partial charge in [-0.25, -0.2) is 0 Å². The van der Waals surface area contributed by atoms with Gasteiger partial charge in [-0.15, -0.1) is 0 Å². The SMILES string of the molecule is C[C@@H]1CCCN1CCNC(=C(C#N)C#N)N1CCC(CN2CCCCC2)CC1. The van der Waals surface area contributed by atoms with E-state index in [-0.39, 0.29) is 5.57 Å². The first kappa shape index (κ1) is 21.0. The van der Waals surface area contributed by atoms with Crippen LogP contribution in [-0.2, 0) is 0 Å². The Morgan fingerprint density at radius 3 is 2.25 bits per heavy atom. The third-order valence-electron chi connectivity index (χ3n) is 6.74. The molecule has 3 saturated heterocycles. The van der Waals surface area contributed by atoms with Crippen LogP contribution < -0.4 is 5.32 Å². The maximum Gasteiger partial charge on any atom is 0.169 e. The molecule has 0 aliphatic carbocycles. The van der Waals surface area contributed by atoms with Crippen molar-refractivity contribution in [1.82, 2.24) is 20.0 Å². The maximum absolute atomic E-state index is 9.43. The molecule has 1 atom stereocenters. The van der Waals surface area contributed by atoms with Crippen molar-refractivity contribution in [3.05, 3.63) is 11.4 Å². The summed E-state index contributed by atoms with van der Waals surface area (Å²) < 4.78 is 0. The lowest BCUT2D eigenvalue weighted by Gasteiger charge is -2.38. The molecule has 0 radical (unpaired) electrons. The predicted octanol–water partition coefficient (Wildman–Crippen LogP) is 2.52. The van der Waals surface area contributed by atoms with Crippen molar-refractivity contribution in [2.75, 3.05) is 52.4 Å². The summed E-state index contributed by atoms with van der Waals surface area (Å²) in [5.74, 6) is 1.50. The highest BCUT2D eigenvalue weighted by atomic mass is 15.3. The average Bonchev–Trinajstić information content (AvgIpc) is 3.14. The van der Waals surface area contributed by atoms with E-state index in [9.17, 15) is 10.5 Å². The van der Waals surface area contributed by atoms with Crippen molar-refractivity contribution < 1.29 is 0 Å². The van der Waals surface area contributed by atoms with Gasteiger partial charge in [0.15, 0.2) is 5.57 Å². The Bertz CT molecular complexity index is 585. The van der Waals surface area contributed by atoms with Gasteiger partial charge in [-0.05, 0) is 71.0 Å². The van der Waals surface area contributed by atoms with E-state index in [2.05, 4.69) is 39.1 Å². The van der Waals surface area contributed by atoms with Crippen molar-refractivity contribution in [3.63, 3.8) is 0 Å². The lowest BCUT2D eigenvalue weighted by atomic mass is 9.95. The van der Waals surface area contributed by atoms with Gasteiger partial charge < -0.3 is 15.1 Å². The smallest absolute Gasteiger partial charge is 0.169 e. The van der Waals surface area contributed by atoms with E-state index in [1.165, 1.54) is 51.7 Å². The molecule has 0 aromatic carbocycles. The first-order chi connectivity index (χ1) is 13.7. The summed E-state index contributed by atoms with van der Waals surface area (Å²) in [4.78, 5) is 7.36. The number of rotatable bonds is 7. The fourth-order valence-electron chi connectivity index (χ4n) is 4.98. The van der Waals surface area contributed by atoms with Crippen LogP contribution in [0.4, 0.5) is 0 Å². The Morgan fingerprint density at radius 2 is 1.64 bits per heavy atom. The summed E-state index contributed by atoms with van der Waals surface area (Å²) in [6, 6.07) is 4.86. The molecule has 3 heterocycles. The molecule has 154 valence electrons. The normalized spacial score (nSPS) is 24.5. The highest BCUT2D eigenvalue weighted by Gasteiger charge is 2.25. The van der Waals surface area contributed by atoms with Crippen molar-refractivity contribution in [2.45, 2.75) is 57.9 Å². The van der Waals surface area contributed by atoms with Crippen LogP contribution in [0.3, 0.4) is 0 Å². The maximum atomic E-state index is 9.43. The summed E-state index contributed by atoms with van der Waals surface area (Å²) in [5, 5.41) is 22.3. The molecule has 0 bridgehead atoms. The number of piperidine rings is 2. The molecule has 0 amide bonds. The first-order valence-electron chi connectivity index (χ1n) is 11.2. The van der Waals surface area contributed by atoms with Crippen LogP contribution in [0.15, 0.2) is 11.4 Å². The van der Waals surface area contributed by atoms with Crippen molar-refractivity contribution in [2.24, 2.45) is 5.92 Å². The van der Waals surface area contributed by atoms with Crippen molar-refractivity contribution in [3.8, 4) is 12.1 Å². The minimum Gasteiger partial charge on any atom is -0.369 e. The van der Waals surface area contributed by atoms with Crippen LogP contribution in [0.25, 0.3) is 0 Å². The van der Waals surface area contributed by atoms with Gasteiger partial charge in [0, 0.05) is 38.8 Å². The molecule has 3 rings (SSSR count). The fraction of sp³-hybridized carbons (Fsp3) is 0.818. The number of nitrogens with zero attached hydrogens (tertiary/aromatic N) is 5. The quantitative estimate of drug-likeness (QED) is 0.680. The van der Waals surface area contributed by atoms with Gasteiger partial charge in [0.05, 0.1) is 0 Å². The Morgan fingerprint density at radius 1 is 0.929 bits per heavy atom. The number of nitriles is 2. The summed E-state index contributed by atoms with van der Waals surface area (Å²) in [6.45, 7) is 10.8. The highest BCUT2D eigenvalue weighted by Crippen LogP contribution is 2.23. The topological polar surface area (TPSA) is 69.3 Å². The molecule has 3 fully saturated rings. The Balaban J connectivity index is 1.51. The second-order valence-corrected chi connectivity index (χ2v) is 8.69.